The van der Waals surface area contributed by atoms with Gasteiger partial charge in [0.05, 0.1) is 25.1 Å². The number of nitrogens with zero attached hydrogens (tertiary/aromatic N) is 4. The van der Waals surface area contributed by atoms with Crippen LogP contribution in [0.1, 0.15) is 11.5 Å². The zero-order valence-electron chi connectivity index (χ0n) is 15.3. The van der Waals surface area contributed by atoms with E-state index in [0.717, 1.165) is 4.47 Å². The van der Waals surface area contributed by atoms with Gasteiger partial charge in [-0.3, -0.25) is 9.36 Å². The van der Waals surface area contributed by atoms with Gasteiger partial charge in [0.15, 0.2) is 5.52 Å². The van der Waals surface area contributed by atoms with Crippen LogP contribution in [-0.2, 0) is 6.61 Å². The second kappa shape index (κ2) is 7.21. The number of hydrogen-bond donors (Lipinski definition) is 1. The third kappa shape index (κ3) is 3.00. The first-order valence-corrected chi connectivity index (χ1v) is 9.35. The fourth-order valence-corrected chi connectivity index (χ4v) is 3.55. The number of hydrogen-bond acceptors (Lipinski definition) is 5. The van der Waals surface area contributed by atoms with Crippen LogP contribution in [0, 0.1) is 6.92 Å². The zero-order valence-corrected chi connectivity index (χ0v) is 16.8. The van der Waals surface area contributed by atoms with E-state index >= 15 is 0 Å². The molecule has 0 radical (unpaired) electrons. The summed E-state index contributed by atoms with van der Waals surface area (Å²) in [6.07, 6.45) is 0. The first kappa shape index (κ1) is 18.4. The predicted molar refractivity (Wildman–Crippen MR) is 109 cm³/mol. The van der Waals surface area contributed by atoms with Gasteiger partial charge in [-0.1, -0.05) is 22.0 Å². The van der Waals surface area contributed by atoms with Crippen molar-refractivity contribution < 1.29 is 9.84 Å². The first-order valence-electron chi connectivity index (χ1n) is 8.56. The summed E-state index contributed by atoms with van der Waals surface area (Å²) in [7, 11) is 1.59. The van der Waals surface area contributed by atoms with Gasteiger partial charge >= 0.3 is 0 Å². The minimum absolute atomic E-state index is 0.261. The van der Waals surface area contributed by atoms with E-state index in [2.05, 4.69) is 26.0 Å². The van der Waals surface area contributed by atoms with Gasteiger partial charge in [0, 0.05) is 4.47 Å². The van der Waals surface area contributed by atoms with Crippen LogP contribution in [-0.4, -0.2) is 31.5 Å². The first-order chi connectivity index (χ1) is 13.5. The average Bonchev–Trinajstić information content (AvgIpc) is 3.07. The van der Waals surface area contributed by atoms with Crippen molar-refractivity contribution in [1.29, 1.82) is 0 Å². The summed E-state index contributed by atoms with van der Waals surface area (Å²) in [5.74, 6) is 1.21. The van der Waals surface area contributed by atoms with Crippen molar-refractivity contribution >= 4 is 27.0 Å². The van der Waals surface area contributed by atoms with Gasteiger partial charge in [0.1, 0.15) is 22.8 Å². The molecule has 0 amide bonds. The van der Waals surface area contributed by atoms with Gasteiger partial charge in [-0.25, -0.2) is 9.67 Å². The fraction of sp³-hybridized carbons (Fsp3) is 0.150. The predicted octanol–water partition coefficient (Wildman–Crippen LogP) is 3.14. The third-order valence-electron chi connectivity index (χ3n) is 4.47. The van der Waals surface area contributed by atoms with Gasteiger partial charge in [-0.15, -0.1) is 0 Å². The minimum Gasteiger partial charge on any atom is -0.497 e. The molecular weight excluding hydrogens is 424 g/mol. The molecule has 0 aliphatic rings. The van der Waals surface area contributed by atoms with E-state index in [-0.39, 0.29) is 12.2 Å². The Morgan fingerprint density at radius 2 is 1.89 bits per heavy atom. The molecule has 0 fully saturated rings. The number of aromatic nitrogens is 4. The number of rotatable bonds is 4. The molecule has 1 N–H and O–H groups in total. The van der Waals surface area contributed by atoms with Crippen LogP contribution in [0.15, 0.2) is 57.8 Å². The number of ether oxygens (including phenoxy) is 1. The molecule has 142 valence electrons. The lowest BCUT2D eigenvalue weighted by Crippen LogP contribution is -2.24. The van der Waals surface area contributed by atoms with Gasteiger partial charge < -0.3 is 9.84 Å². The largest absolute Gasteiger partial charge is 0.497 e. The Bertz CT molecular complexity index is 1230. The summed E-state index contributed by atoms with van der Waals surface area (Å²) in [4.78, 5) is 18.0. The molecule has 0 aliphatic carbocycles. The van der Waals surface area contributed by atoms with Crippen molar-refractivity contribution in [3.63, 3.8) is 0 Å². The highest BCUT2D eigenvalue weighted by atomic mass is 79.9. The number of fused-ring (bicyclic) bond motifs is 1. The van der Waals surface area contributed by atoms with Crippen LogP contribution in [0.3, 0.4) is 0 Å². The van der Waals surface area contributed by atoms with Crippen LogP contribution in [0.5, 0.6) is 5.75 Å². The number of aliphatic hydroxyl groups excluding tert-OH is 1. The molecule has 4 aromatic rings. The molecule has 0 unspecified atom stereocenters. The Morgan fingerprint density at radius 3 is 2.54 bits per heavy atom. The molecule has 4 rings (SSSR count). The van der Waals surface area contributed by atoms with E-state index in [4.69, 9.17) is 4.74 Å². The summed E-state index contributed by atoms with van der Waals surface area (Å²) in [6, 6.07) is 14.6. The smallest absolute Gasteiger partial charge is 0.284 e. The molecule has 7 nitrogen and oxygen atoms in total. The van der Waals surface area contributed by atoms with Crippen LogP contribution in [0.2, 0.25) is 0 Å². The van der Waals surface area contributed by atoms with Crippen LogP contribution in [0.4, 0.5) is 0 Å². The second-order valence-corrected chi connectivity index (χ2v) is 7.11. The Morgan fingerprint density at radius 1 is 1.14 bits per heavy atom. The summed E-state index contributed by atoms with van der Waals surface area (Å²) in [5, 5.41) is 14.2. The van der Waals surface area contributed by atoms with Crippen molar-refractivity contribution in [2.45, 2.75) is 13.5 Å². The fourth-order valence-electron chi connectivity index (χ4n) is 3.17. The summed E-state index contributed by atoms with van der Waals surface area (Å²) in [5.41, 5.74) is 2.16. The van der Waals surface area contributed by atoms with Crippen molar-refractivity contribution in [2.75, 3.05) is 7.11 Å². The molecule has 0 aliphatic heterocycles. The molecule has 8 heteroatoms. The molecule has 28 heavy (non-hydrogen) atoms. The van der Waals surface area contributed by atoms with Crippen molar-refractivity contribution in [2.24, 2.45) is 0 Å². The van der Waals surface area contributed by atoms with Crippen LogP contribution in [0.25, 0.3) is 22.4 Å². The quantitative estimate of drug-likeness (QED) is 0.526. The summed E-state index contributed by atoms with van der Waals surface area (Å²) < 4.78 is 9.11. The average molecular weight is 441 g/mol. The normalized spacial score (nSPS) is 11.1. The standard InChI is InChI=1S/C20H17BrN4O3/c1-12-22-18-17(11-26)23-25(14-6-8-16(28-2)9-7-14)19(18)20(27)24(12)15-5-3-4-13(21)10-15/h3-10,26H,11H2,1-2H3. The molecule has 2 aromatic carbocycles. The molecule has 2 aromatic heterocycles. The van der Waals surface area contributed by atoms with E-state index < -0.39 is 0 Å². The molecule has 0 atom stereocenters. The number of aryl methyl sites for hydroxylation is 1. The molecular formula is C20H17BrN4O3. The van der Waals surface area contributed by atoms with E-state index in [1.807, 2.05) is 24.3 Å². The topological polar surface area (TPSA) is 82.2 Å². The van der Waals surface area contributed by atoms with E-state index in [1.54, 1.807) is 38.3 Å². The van der Waals surface area contributed by atoms with E-state index in [0.29, 0.717) is 39.7 Å². The van der Waals surface area contributed by atoms with Crippen LogP contribution >= 0.6 is 15.9 Å². The van der Waals surface area contributed by atoms with Crippen LogP contribution < -0.4 is 10.3 Å². The number of benzene rings is 2. The van der Waals surface area contributed by atoms with E-state index in [1.165, 1.54) is 9.25 Å². The van der Waals surface area contributed by atoms with Gasteiger partial charge in [-0.2, -0.15) is 5.10 Å². The van der Waals surface area contributed by atoms with Crippen molar-refractivity contribution in [1.82, 2.24) is 19.3 Å². The highest BCUT2D eigenvalue weighted by molar-refractivity contribution is 9.10. The summed E-state index contributed by atoms with van der Waals surface area (Å²) in [6.45, 7) is 1.44. The Balaban J connectivity index is 2.04. The highest BCUT2D eigenvalue weighted by Crippen LogP contribution is 2.22. The van der Waals surface area contributed by atoms with Crippen molar-refractivity contribution in [3.05, 3.63) is 74.9 Å². The minimum atomic E-state index is -0.313. The third-order valence-corrected chi connectivity index (χ3v) is 4.96. The molecule has 0 saturated heterocycles. The highest BCUT2D eigenvalue weighted by Gasteiger charge is 2.20. The van der Waals surface area contributed by atoms with Gasteiger partial charge in [0.25, 0.3) is 5.56 Å². The summed E-state index contributed by atoms with van der Waals surface area (Å²) >= 11 is 3.44. The van der Waals surface area contributed by atoms with Gasteiger partial charge in [-0.05, 0) is 49.4 Å². The molecule has 0 bridgehead atoms. The Hall–Kier alpha value is -2.97. The zero-order chi connectivity index (χ0) is 19.8. The lowest BCUT2D eigenvalue weighted by atomic mass is 10.2. The monoisotopic (exact) mass is 440 g/mol. The maximum absolute atomic E-state index is 13.4. The number of methoxy groups -OCH3 is 1. The van der Waals surface area contributed by atoms with E-state index in [9.17, 15) is 9.90 Å². The molecule has 0 spiro atoms. The number of halogens is 1. The Kier molecular flexibility index (Phi) is 4.74. The Labute approximate surface area is 169 Å². The maximum Gasteiger partial charge on any atom is 0.284 e. The lowest BCUT2D eigenvalue weighted by Gasteiger charge is -2.11. The van der Waals surface area contributed by atoms with Crippen molar-refractivity contribution in [3.8, 4) is 17.1 Å². The number of aliphatic hydroxyl groups is 1. The second-order valence-electron chi connectivity index (χ2n) is 6.19. The van der Waals surface area contributed by atoms with Gasteiger partial charge in [0.2, 0.25) is 0 Å². The SMILES string of the molecule is COc1ccc(-n2nc(CO)c3nc(C)n(-c4cccc(Br)c4)c(=O)c32)cc1. The maximum atomic E-state index is 13.4. The molecule has 2 heterocycles. The lowest BCUT2D eigenvalue weighted by molar-refractivity contribution is 0.277. The molecule has 0 saturated carbocycles.